The van der Waals surface area contributed by atoms with Crippen molar-refractivity contribution in [3.63, 3.8) is 0 Å². The monoisotopic (exact) mass is 359 g/mol. The second kappa shape index (κ2) is 7.07. The lowest BCUT2D eigenvalue weighted by atomic mass is 10.1. The lowest BCUT2D eigenvalue weighted by molar-refractivity contribution is 0.0162. The summed E-state index contributed by atoms with van der Waals surface area (Å²) in [5.74, 6) is 0.371. The summed E-state index contributed by atoms with van der Waals surface area (Å²) in [5, 5.41) is 3.46. The third-order valence-corrected chi connectivity index (χ3v) is 3.99. The van der Waals surface area contributed by atoms with Crippen LogP contribution in [0, 0.1) is 5.82 Å². The molecule has 1 N–H and O–H groups in total. The Morgan fingerprint density at radius 1 is 1.33 bits per heavy atom. The van der Waals surface area contributed by atoms with E-state index in [4.69, 9.17) is 9.47 Å². The van der Waals surface area contributed by atoms with Crippen molar-refractivity contribution < 1.29 is 13.9 Å². The molecule has 21 heavy (non-hydrogen) atoms. The molecule has 1 saturated heterocycles. The molecule has 1 aliphatic heterocycles. The van der Waals surface area contributed by atoms with Gasteiger partial charge < -0.3 is 14.8 Å². The molecule has 1 aromatic rings. The SMILES string of the molecule is CC(C)(C)NCC1CCC(COc2ccc(F)c(Br)c2)O1. The first-order valence-electron chi connectivity index (χ1n) is 7.32. The fourth-order valence-corrected chi connectivity index (χ4v) is 2.59. The maximum atomic E-state index is 13.1. The number of ether oxygens (including phenoxy) is 2. The van der Waals surface area contributed by atoms with Crippen molar-refractivity contribution in [2.75, 3.05) is 13.2 Å². The summed E-state index contributed by atoms with van der Waals surface area (Å²) in [6.45, 7) is 7.81. The van der Waals surface area contributed by atoms with Crippen molar-refractivity contribution in [3.05, 3.63) is 28.5 Å². The van der Waals surface area contributed by atoms with Gasteiger partial charge in [-0.25, -0.2) is 4.39 Å². The van der Waals surface area contributed by atoms with Crippen molar-refractivity contribution in [2.45, 2.75) is 51.4 Å². The molecule has 0 aromatic heterocycles. The van der Waals surface area contributed by atoms with Gasteiger partial charge in [-0.2, -0.15) is 0 Å². The van der Waals surface area contributed by atoms with E-state index in [0.29, 0.717) is 16.8 Å². The number of benzene rings is 1. The predicted molar refractivity (Wildman–Crippen MR) is 85.2 cm³/mol. The van der Waals surface area contributed by atoms with Crippen LogP contribution in [0.25, 0.3) is 0 Å². The van der Waals surface area contributed by atoms with E-state index in [2.05, 4.69) is 42.0 Å². The van der Waals surface area contributed by atoms with E-state index in [1.54, 1.807) is 12.1 Å². The van der Waals surface area contributed by atoms with Gasteiger partial charge >= 0.3 is 0 Å². The molecule has 0 radical (unpaired) electrons. The summed E-state index contributed by atoms with van der Waals surface area (Å²) in [5.41, 5.74) is 0.109. The molecule has 2 atom stereocenters. The van der Waals surface area contributed by atoms with Gasteiger partial charge in [0.05, 0.1) is 16.7 Å². The van der Waals surface area contributed by atoms with Crippen LogP contribution < -0.4 is 10.1 Å². The van der Waals surface area contributed by atoms with E-state index >= 15 is 0 Å². The molecule has 0 spiro atoms. The highest BCUT2D eigenvalue weighted by atomic mass is 79.9. The van der Waals surface area contributed by atoms with E-state index in [0.717, 1.165) is 19.4 Å². The van der Waals surface area contributed by atoms with Gasteiger partial charge in [-0.1, -0.05) is 0 Å². The number of nitrogens with one attached hydrogen (secondary N) is 1. The minimum Gasteiger partial charge on any atom is -0.491 e. The molecule has 0 saturated carbocycles. The largest absolute Gasteiger partial charge is 0.491 e. The molecule has 1 heterocycles. The number of hydrogen-bond donors (Lipinski definition) is 1. The second-order valence-electron chi connectivity index (χ2n) is 6.48. The van der Waals surface area contributed by atoms with Gasteiger partial charge in [0, 0.05) is 12.1 Å². The van der Waals surface area contributed by atoms with Crippen LogP contribution in [0.15, 0.2) is 22.7 Å². The lowest BCUT2D eigenvalue weighted by Gasteiger charge is -2.23. The van der Waals surface area contributed by atoms with E-state index in [-0.39, 0.29) is 23.6 Å². The average Bonchev–Trinajstić information content (AvgIpc) is 2.85. The Morgan fingerprint density at radius 3 is 2.71 bits per heavy atom. The van der Waals surface area contributed by atoms with Gasteiger partial charge in [0.15, 0.2) is 0 Å². The molecule has 1 aliphatic rings. The number of rotatable bonds is 5. The standard InChI is InChI=1S/C16H23BrFNO2/c1-16(2,3)19-9-12-4-5-13(21-12)10-20-11-6-7-15(18)14(17)8-11/h6-8,12-13,19H,4-5,9-10H2,1-3H3. The minimum atomic E-state index is -0.284. The van der Waals surface area contributed by atoms with Crippen LogP contribution in [-0.4, -0.2) is 30.9 Å². The molecular formula is C16H23BrFNO2. The Balaban J connectivity index is 1.74. The molecule has 118 valence electrons. The highest BCUT2D eigenvalue weighted by Crippen LogP contribution is 2.24. The average molecular weight is 360 g/mol. The van der Waals surface area contributed by atoms with Gasteiger partial charge in [-0.3, -0.25) is 0 Å². The van der Waals surface area contributed by atoms with Crippen molar-refractivity contribution in [2.24, 2.45) is 0 Å². The first-order chi connectivity index (χ1) is 9.83. The Hall–Kier alpha value is -0.650. The molecule has 0 amide bonds. The van der Waals surface area contributed by atoms with Crippen LogP contribution in [0.3, 0.4) is 0 Å². The van der Waals surface area contributed by atoms with E-state index in [9.17, 15) is 4.39 Å². The van der Waals surface area contributed by atoms with Gasteiger partial charge in [0.25, 0.3) is 0 Å². The van der Waals surface area contributed by atoms with E-state index < -0.39 is 0 Å². The van der Waals surface area contributed by atoms with E-state index in [1.165, 1.54) is 6.07 Å². The quantitative estimate of drug-likeness (QED) is 0.864. The van der Waals surface area contributed by atoms with E-state index in [1.807, 2.05) is 0 Å². The molecule has 5 heteroatoms. The van der Waals surface area contributed by atoms with Crippen LogP contribution >= 0.6 is 15.9 Å². The second-order valence-corrected chi connectivity index (χ2v) is 7.33. The van der Waals surface area contributed by atoms with Gasteiger partial charge in [0.1, 0.15) is 18.2 Å². The summed E-state index contributed by atoms with van der Waals surface area (Å²) >= 11 is 3.15. The van der Waals surface area contributed by atoms with Crippen LogP contribution in [-0.2, 0) is 4.74 Å². The molecule has 1 aromatic carbocycles. The van der Waals surface area contributed by atoms with Crippen LogP contribution in [0.2, 0.25) is 0 Å². The maximum Gasteiger partial charge on any atom is 0.137 e. The van der Waals surface area contributed by atoms with Gasteiger partial charge in [-0.15, -0.1) is 0 Å². The Labute approximate surface area is 134 Å². The normalized spacial score (nSPS) is 22.5. The lowest BCUT2D eigenvalue weighted by Crippen LogP contribution is -2.41. The van der Waals surface area contributed by atoms with Crippen LogP contribution in [0.1, 0.15) is 33.6 Å². The summed E-state index contributed by atoms with van der Waals surface area (Å²) in [7, 11) is 0. The molecule has 1 fully saturated rings. The Bertz CT molecular complexity index is 476. The highest BCUT2D eigenvalue weighted by molar-refractivity contribution is 9.10. The minimum absolute atomic E-state index is 0.109. The molecule has 3 nitrogen and oxygen atoms in total. The first-order valence-corrected chi connectivity index (χ1v) is 8.11. The molecule has 2 unspecified atom stereocenters. The third kappa shape index (κ3) is 5.57. The molecule has 0 bridgehead atoms. The fraction of sp³-hybridized carbons (Fsp3) is 0.625. The zero-order valence-electron chi connectivity index (χ0n) is 12.8. The number of halogens is 2. The molecule has 2 rings (SSSR count). The smallest absolute Gasteiger partial charge is 0.137 e. The van der Waals surface area contributed by atoms with Crippen molar-refractivity contribution in [1.82, 2.24) is 5.32 Å². The summed E-state index contributed by atoms with van der Waals surface area (Å²) in [6.07, 6.45) is 2.40. The zero-order chi connectivity index (χ0) is 15.5. The van der Waals surface area contributed by atoms with Gasteiger partial charge in [-0.05, 0) is 67.7 Å². The topological polar surface area (TPSA) is 30.5 Å². The Morgan fingerprint density at radius 2 is 2.05 bits per heavy atom. The molecule has 0 aliphatic carbocycles. The van der Waals surface area contributed by atoms with Crippen LogP contribution in [0.4, 0.5) is 4.39 Å². The number of hydrogen-bond acceptors (Lipinski definition) is 3. The van der Waals surface area contributed by atoms with Crippen molar-refractivity contribution in [3.8, 4) is 5.75 Å². The first kappa shape index (κ1) is 16.7. The maximum absolute atomic E-state index is 13.1. The fourth-order valence-electron chi connectivity index (χ4n) is 2.23. The summed E-state index contributed by atoms with van der Waals surface area (Å²) < 4.78 is 25.2. The van der Waals surface area contributed by atoms with Gasteiger partial charge in [0.2, 0.25) is 0 Å². The summed E-state index contributed by atoms with van der Waals surface area (Å²) in [4.78, 5) is 0. The Kier molecular flexibility index (Phi) is 5.63. The highest BCUT2D eigenvalue weighted by Gasteiger charge is 2.26. The predicted octanol–water partition coefficient (Wildman–Crippen LogP) is 3.90. The summed E-state index contributed by atoms with van der Waals surface area (Å²) in [6, 6.07) is 4.67. The van der Waals surface area contributed by atoms with Crippen molar-refractivity contribution in [1.29, 1.82) is 0 Å². The molecular weight excluding hydrogens is 337 g/mol. The van der Waals surface area contributed by atoms with Crippen LogP contribution in [0.5, 0.6) is 5.75 Å². The third-order valence-electron chi connectivity index (χ3n) is 3.38. The zero-order valence-corrected chi connectivity index (χ0v) is 14.4. The van der Waals surface area contributed by atoms with Crippen molar-refractivity contribution >= 4 is 15.9 Å².